The number of rotatable bonds is 5. The van der Waals surface area contributed by atoms with Gasteiger partial charge in [0.25, 0.3) is 0 Å². The second-order valence-corrected chi connectivity index (χ2v) is 7.08. The molecule has 1 aliphatic rings. The first-order chi connectivity index (χ1) is 9.83. The lowest BCUT2D eigenvalue weighted by Crippen LogP contribution is -2.33. The Bertz CT molecular complexity index is 646. The van der Waals surface area contributed by atoms with E-state index in [4.69, 9.17) is 21.4 Å². The lowest BCUT2D eigenvalue weighted by Gasteiger charge is -2.15. The van der Waals surface area contributed by atoms with E-state index < -0.39 is 21.9 Å². The molecule has 0 bridgehead atoms. The fourth-order valence-electron chi connectivity index (χ4n) is 2.46. The first kappa shape index (κ1) is 16.1. The number of aliphatic carboxylic acids is 1. The zero-order valence-electron chi connectivity index (χ0n) is 11.4. The van der Waals surface area contributed by atoms with Crippen LogP contribution in [0.15, 0.2) is 23.1 Å². The van der Waals surface area contributed by atoms with Gasteiger partial charge in [-0.2, -0.15) is 0 Å². The fraction of sp³-hybridized carbons (Fsp3) is 0.462. The van der Waals surface area contributed by atoms with E-state index in [9.17, 15) is 13.2 Å². The van der Waals surface area contributed by atoms with Gasteiger partial charge in [-0.25, -0.2) is 13.1 Å². The number of methoxy groups -OCH3 is 1. The van der Waals surface area contributed by atoms with Crippen LogP contribution < -0.4 is 9.46 Å². The lowest BCUT2D eigenvalue weighted by atomic mass is 10.1. The van der Waals surface area contributed by atoms with E-state index in [0.717, 1.165) is 0 Å². The van der Waals surface area contributed by atoms with Gasteiger partial charge in [0.15, 0.2) is 0 Å². The van der Waals surface area contributed by atoms with Crippen LogP contribution in [-0.2, 0) is 14.8 Å². The maximum atomic E-state index is 12.4. The summed E-state index contributed by atoms with van der Waals surface area (Å²) in [7, 11) is -2.42. The first-order valence-corrected chi connectivity index (χ1v) is 8.28. The molecule has 1 fully saturated rings. The SMILES string of the molecule is COc1cc(Cl)ccc1S(=O)(=O)N[C@H]1CC[C@@H](C(=O)O)C1. The number of ether oxygens (including phenoxy) is 1. The summed E-state index contributed by atoms with van der Waals surface area (Å²) >= 11 is 5.81. The Labute approximate surface area is 128 Å². The highest BCUT2D eigenvalue weighted by molar-refractivity contribution is 7.89. The van der Waals surface area contributed by atoms with Crippen molar-refractivity contribution < 1.29 is 23.1 Å². The third-order valence-electron chi connectivity index (χ3n) is 3.52. The van der Waals surface area contributed by atoms with Crippen molar-refractivity contribution >= 4 is 27.6 Å². The fourth-order valence-corrected chi connectivity index (χ4v) is 4.06. The number of halogens is 1. The van der Waals surface area contributed by atoms with Crippen molar-refractivity contribution in [1.82, 2.24) is 4.72 Å². The van der Waals surface area contributed by atoms with Gasteiger partial charge in [-0.3, -0.25) is 4.79 Å². The highest BCUT2D eigenvalue weighted by atomic mass is 35.5. The topological polar surface area (TPSA) is 92.7 Å². The molecule has 0 unspecified atom stereocenters. The Morgan fingerprint density at radius 1 is 1.43 bits per heavy atom. The number of hydrogen-bond acceptors (Lipinski definition) is 4. The van der Waals surface area contributed by atoms with E-state index in [2.05, 4.69) is 4.72 Å². The third kappa shape index (κ3) is 3.66. The minimum Gasteiger partial charge on any atom is -0.495 e. The van der Waals surface area contributed by atoms with Crippen LogP contribution in [0.1, 0.15) is 19.3 Å². The van der Waals surface area contributed by atoms with Crippen molar-refractivity contribution in [1.29, 1.82) is 0 Å². The number of benzene rings is 1. The van der Waals surface area contributed by atoms with Gasteiger partial charge in [-0.15, -0.1) is 0 Å². The molecule has 2 rings (SSSR count). The molecule has 0 radical (unpaired) electrons. The molecule has 0 spiro atoms. The first-order valence-electron chi connectivity index (χ1n) is 6.42. The van der Waals surface area contributed by atoms with Crippen LogP contribution in [0.3, 0.4) is 0 Å². The summed E-state index contributed by atoms with van der Waals surface area (Å²) in [6.45, 7) is 0. The quantitative estimate of drug-likeness (QED) is 0.858. The molecular weight excluding hydrogens is 318 g/mol. The van der Waals surface area contributed by atoms with Crippen LogP contribution in [-0.4, -0.2) is 32.6 Å². The molecule has 2 N–H and O–H groups in total. The second-order valence-electron chi connectivity index (χ2n) is 4.96. The molecule has 1 aliphatic carbocycles. The molecular formula is C13H16ClNO5S. The van der Waals surface area contributed by atoms with E-state index in [0.29, 0.717) is 24.3 Å². The molecule has 0 aromatic heterocycles. The van der Waals surface area contributed by atoms with Gasteiger partial charge in [0.2, 0.25) is 10.0 Å². The monoisotopic (exact) mass is 333 g/mol. The molecule has 21 heavy (non-hydrogen) atoms. The highest BCUT2D eigenvalue weighted by Crippen LogP contribution is 2.30. The summed E-state index contributed by atoms with van der Waals surface area (Å²) in [5, 5.41) is 9.32. The zero-order valence-corrected chi connectivity index (χ0v) is 12.9. The van der Waals surface area contributed by atoms with Gasteiger partial charge in [0.1, 0.15) is 10.6 Å². The average molecular weight is 334 g/mol. The molecule has 6 nitrogen and oxygen atoms in total. The van der Waals surface area contributed by atoms with Crippen molar-refractivity contribution in [2.75, 3.05) is 7.11 Å². The molecule has 0 heterocycles. The molecule has 1 aromatic carbocycles. The Morgan fingerprint density at radius 3 is 2.71 bits per heavy atom. The van der Waals surface area contributed by atoms with Crippen LogP contribution in [0.25, 0.3) is 0 Å². The van der Waals surface area contributed by atoms with E-state index >= 15 is 0 Å². The van der Waals surface area contributed by atoms with Crippen LogP contribution in [0, 0.1) is 5.92 Å². The predicted molar refractivity (Wildman–Crippen MR) is 77.1 cm³/mol. The Hall–Kier alpha value is -1.31. The number of carboxylic acid groups (broad SMARTS) is 1. The van der Waals surface area contributed by atoms with E-state index in [1.165, 1.54) is 25.3 Å². The Balaban J connectivity index is 2.18. The normalized spacial score (nSPS) is 22.2. The molecule has 1 saturated carbocycles. The van der Waals surface area contributed by atoms with E-state index in [1.807, 2.05) is 0 Å². The van der Waals surface area contributed by atoms with Crippen molar-refractivity contribution in [2.24, 2.45) is 5.92 Å². The summed E-state index contributed by atoms with van der Waals surface area (Å²) < 4.78 is 32.3. The number of carboxylic acids is 1. The lowest BCUT2D eigenvalue weighted by molar-refractivity contribution is -0.141. The summed E-state index contributed by atoms with van der Waals surface area (Å²) in [6, 6.07) is 3.88. The van der Waals surface area contributed by atoms with Crippen molar-refractivity contribution in [3.63, 3.8) is 0 Å². The largest absolute Gasteiger partial charge is 0.495 e. The zero-order chi connectivity index (χ0) is 15.6. The molecule has 8 heteroatoms. The van der Waals surface area contributed by atoms with Crippen molar-refractivity contribution in [3.05, 3.63) is 23.2 Å². The maximum absolute atomic E-state index is 12.4. The maximum Gasteiger partial charge on any atom is 0.306 e. The minimum atomic E-state index is -3.78. The van der Waals surface area contributed by atoms with E-state index in [-0.39, 0.29) is 16.7 Å². The molecule has 0 aliphatic heterocycles. The summed E-state index contributed by atoms with van der Waals surface area (Å²) in [5.41, 5.74) is 0. The van der Waals surface area contributed by atoms with Gasteiger partial charge in [0, 0.05) is 17.1 Å². The standard InChI is InChI=1S/C13H16ClNO5S/c1-20-11-7-9(14)3-5-12(11)21(18,19)15-10-4-2-8(6-10)13(16)17/h3,5,7-8,10,15H,2,4,6H2,1H3,(H,16,17)/t8-,10+/m1/s1. The van der Waals surface area contributed by atoms with Gasteiger partial charge in [-0.1, -0.05) is 11.6 Å². The number of nitrogens with one attached hydrogen (secondary N) is 1. The average Bonchev–Trinajstić information content (AvgIpc) is 2.86. The van der Waals surface area contributed by atoms with Gasteiger partial charge in [-0.05, 0) is 31.4 Å². The van der Waals surface area contributed by atoms with Gasteiger partial charge >= 0.3 is 5.97 Å². The van der Waals surface area contributed by atoms with Crippen LogP contribution >= 0.6 is 11.6 Å². The van der Waals surface area contributed by atoms with Crippen LogP contribution in [0.4, 0.5) is 0 Å². The van der Waals surface area contributed by atoms with Gasteiger partial charge in [0.05, 0.1) is 13.0 Å². The Morgan fingerprint density at radius 2 is 2.14 bits per heavy atom. The number of sulfonamides is 1. The second kappa shape index (κ2) is 6.21. The summed E-state index contributed by atoms with van der Waals surface area (Å²) in [4.78, 5) is 10.9. The van der Waals surface area contributed by atoms with Crippen LogP contribution in [0.2, 0.25) is 5.02 Å². The van der Waals surface area contributed by atoms with E-state index in [1.54, 1.807) is 0 Å². The van der Waals surface area contributed by atoms with Crippen molar-refractivity contribution in [3.8, 4) is 5.75 Å². The summed E-state index contributed by atoms with van der Waals surface area (Å²) in [5.74, 6) is -1.23. The molecule has 2 atom stereocenters. The number of carbonyl (C=O) groups is 1. The number of hydrogen-bond donors (Lipinski definition) is 2. The molecule has 0 saturated heterocycles. The molecule has 1 aromatic rings. The highest BCUT2D eigenvalue weighted by Gasteiger charge is 2.33. The predicted octanol–water partition coefficient (Wildman–Crippen LogP) is 1.88. The summed E-state index contributed by atoms with van der Waals surface area (Å²) in [6.07, 6.45) is 1.27. The Kier molecular flexibility index (Phi) is 4.75. The molecule has 0 amide bonds. The third-order valence-corrected chi connectivity index (χ3v) is 5.31. The van der Waals surface area contributed by atoms with Crippen LogP contribution in [0.5, 0.6) is 5.75 Å². The van der Waals surface area contributed by atoms with Gasteiger partial charge < -0.3 is 9.84 Å². The minimum absolute atomic E-state index is 0.00632. The molecule has 116 valence electrons. The van der Waals surface area contributed by atoms with Crippen molar-refractivity contribution in [2.45, 2.75) is 30.2 Å². The smallest absolute Gasteiger partial charge is 0.306 e.